The zero-order valence-corrected chi connectivity index (χ0v) is 14.0. The fourth-order valence-corrected chi connectivity index (χ4v) is 3.65. The van der Waals surface area contributed by atoms with E-state index in [2.05, 4.69) is 20.2 Å². The number of hydrogen-bond acceptors (Lipinski definition) is 5. The molecule has 3 heterocycles. The van der Waals surface area contributed by atoms with Crippen LogP contribution < -0.4 is 5.56 Å². The number of aromatic amines is 2. The van der Waals surface area contributed by atoms with Gasteiger partial charge in [0, 0.05) is 42.0 Å². The number of nitrogens with one attached hydrogen (secondary N) is 2. The van der Waals surface area contributed by atoms with Gasteiger partial charge in [-0.2, -0.15) is 5.10 Å². The monoisotopic (exact) mass is 343 g/mol. The Bertz CT molecular complexity index is 828. The summed E-state index contributed by atoms with van der Waals surface area (Å²) in [4.78, 5) is 32.9. The summed E-state index contributed by atoms with van der Waals surface area (Å²) in [7, 11) is 0. The van der Waals surface area contributed by atoms with Gasteiger partial charge in [0.1, 0.15) is 0 Å². The molecule has 1 fully saturated rings. The Morgan fingerprint density at radius 1 is 1.40 bits per heavy atom. The van der Waals surface area contributed by atoms with Crippen LogP contribution in [-0.2, 0) is 24.0 Å². The Balaban J connectivity index is 1.49. The first kappa shape index (κ1) is 16.0. The van der Waals surface area contributed by atoms with Crippen molar-refractivity contribution in [2.75, 3.05) is 26.3 Å². The summed E-state index contributed by atoms with van der Waals surface area (Å²) in [6, 6.07) is 1.50. The highest BCUT2D eigenvalue weighted by molar-refractivity contribution is 5.94. The Hall–Kier alpha value is -2.48. The van der Waals surface area contributed by atoms with E-state index in [1.165, 1.54) is 12.4 Å². The number of H-pyrrole nitrogens is 2. The van der Waals surface area contributed by atoms with Gasteiger partial charge in [-0.05, 0) is 25.7 Å². The van der Waals surface area contributed by atoms with Crippen molar-refractivity contribution in [1.29, 1.82) is 0 Å². The van der Waals surface area contributed by atoms with E-state index in [0.29, 0.717) is 44.1 Å². The quantitative estimate of drug-likeness (QED) is 0.835. The smallest absolute Gasteiger partial charge is 0.274 e. The largest absolute Gasteiger partial charge is 0.379 e. The van der Waals surface area contributed by atoms with Gasteiger partial charge in [0.15, 0.2) is 5.69 Å². The third-order valence-corrected chi connectivity index (χ3v) is 4.87. The van der Waals surface area contributed by atoms with E-state index < -0.39 is 0 Å². The van der Waals surface area contributed by atoms with Gasteiger partial charge in [-0.3, -0.25) is 14.7 Å². The van der Waals surface area contributed by atoms with E-state index in [0.717, 1.165) is 30.5 Å². The van der Waals surface area contributed by atoms with Crippen LogP contribution in [0, 0.1) is 5.92 Å². The van der Waals surface area contributed by atoms with Gasteiger partial charge in [-0.25, -0.2) is 4.98 Å². The van der Waals surface area contributed by atoms with Gasteiger partial charge in [-0.1, -0.05) is 0 Å². The van der Waals surface area contributed by atoms with E-state index in [1.54, 1.807) is 0 Å². The number of aryl methyl sites for hydroxylation is 1. The number of rotatable bonds is 3. The minimum absolute atomic E-state index is 0.0335. The molecule has 1 aliphatic carbocycles. The standard InChI is InChI=1S/C17H21N5O3/c23-15-7-12(18-10-19-15)6-11-8-22(4-5-25-9-11)17(24)16-13-2-1-3-14(13)20-21-16/h7,10-11H,1-6,8-9H2,(H,20,21)(H,18,19,23)/t11-/m1/s1. The molecular weight excluding hydrogens is 322 g/mol. The van der Waals surface area contributed by atoms with Crippen molar-refractivity contribution in [1.82, 2.24) is 25.1 Å². The van der Waals surface area contributed by atoms with Crippen LogP contribution in [0.3, 0.4) is 0 Å². The zero-order valence-electron chi connectivity index (χ0n) is 14.0. The molecule has 1 aliphatic heterocycles. The van der Waals surface area contributed by atoms with Gasteiger partial charge < -0.3 is 14.6 Å². The fourth-order valence-electron chi connectivity index (χ4n) is 3.65. The van der Waals surface area contributed by atoms with Crippen LogP contribution in [0.15, 0.2) is 17.2 Å². The van der Waals surface area contributed by atoms with Crippen molar-refractivity contribution < 1.29 is 9.53 Å². The summed E-state index contributed by atoms with van der Waals surface area (Å²) in [5.41, 5.74) is 3.27. The molecule has 0 spiro atoms. The first-order valence-corrected chi connectivity index (χ1v) is 8.67. The molecule has 0 radical (unpaired) electrons. The van der Waals surface area contributed by atoms with Crippen LogP contribution >= 0.6 is 0 Å². The van der Waals surface area contributed by atoms with Gasteiger partial charge >= 0.3 is 0 Å². The van der Waals surface area contributed by atoms with Gasteiger partial charge in [0.05, 0.1) is 19.5 Å². The number of ether oxygens (including phenoxy) is 1. The maximum absolute atomic E-state index is 12.9. The first-order valence-electron chi connectivity index (χ1n) is 8.67. The lowest BCUT2D eigenvalue weighted by atomic mass is 10.0. The predicted molar refractivity (Wildman–Crippen MR) is 89.4 cm³/mol. The van der Waals surface area contributed by atoms with Gasteiger partial charge in [0.2, 0.25) is 0 Å². The van der Waals surface area contributed by atoms with E-state index in [-0.39, 0.29) is 17.4 Å². The second-order valence-electron chi connectivity index (χ2n) is 6.68. The van der Waals surface area contributed by atoms with E-state index >= 15 is 0 Å². The van der Waals surface area contributed by atoms with Crippen LogP contribution in [0.1, 0.15) is 33.9 Å². The topological polar surface area (TPSA) is 104 Å². The maximum Gasteiger partial charge on any atom is 0.274 e. The molecule has 1 amide bonds. The Kier molecular flexibility index (Phi) is 4.35. The number of amides is 1. The van der Waals surface area contributed by atoms with Crippen molar-refractivity contribution in [2.45, 2.75) is 25.7 Å². The molecule has 2 aliphatic rings. The molecule has 8 heteroatoms. The Morgan fingerprint density at radius 2 is 2.32 bits per heavy atom. The lowest BCUT2D eigenvalue weighted by Crippen LogP contribution is -2.37. The third kappa shape index (κ3) is 3.34. The highest BCUT2D eigenvalue weighted by Gasteiger charge is 2.29. The van der Waals surface area contributed by atoms with Crippen LogP contribution in [0.5, 0.6) is 0 Å². The molecule has 1 saturated heterocycles. The van der Waals surface area contributed by atoms with Crippen LogP contribution in [-0.4, -0.2) is 57.3 Å². The zero-order chi connectivity index (χ0) is 17.2. The van der Waals surface area contributed by atoms with Crippen molar-refractivity contribution in [3.05, 3.63) is 45.4 Å². The van der Waals surface area contributed by atoms with Gasteiger partial charge in [-0.15, -0.1) is 0 Å². The van der Waals surface area contributed by atoms with E-state index in [1.807, 2.05) is 4.90 Å². The predicted octanol–water partition coefficient (Wildman–Crippen LogP) is 0.313. The fraction of sp³-hybridized carbons (Fsp3) is 0.529. The number of hydrogen-bond donors (Lipinski definition) is 2. The maximum atomic E-state index is 12.9. The molecule has 132 valence electrons. The summed E-state index contributed by atoms with van der Waals surface area (Å²) >= 11 is 0. The van der Waals surface area contributed by atoms with Crippen LogP contribution in [0.2, 0.25) is 0 Å². The number of fused-ring (bicyclic) bond motifs is 1. The van der Waals surface area contributed by atoms with E-state index in [9.17, 15) is 9.59 Å². The molecule has 8 nitrogen and oxygen atoms in total. The van der Waals surface area contributed by atoms with Crippen LogP contribution in [0.4, 0.5) is 0 Å². The Morgan fingerprint density at radius 3 is 3.20 bits per heavy atom. The number of carbonyl (C=O) groups excluding carboxylic acids is 1. The van der Waals surface area contributed by atoms with Crippen molar-refractivity contribution in [2.24, 2.45) is 5.92 Å². The summed E-state index contributed by atoms with van der Waals surface area (Å²) in [5, 5.41) is 7.25. The van der Waals surface area contributed by atoms with Gasteiger partial charge in [0.25, 0.3) is 11.5 Å². The van der Waals surface area contributed by atoms with Crippen molar-refractivity contribution in [3.63, 3.8) is 0 Å². The average molecular weight is 343 g/mol. The minimum atomic E-state index is -0.167. The molecular formula is C17H21N5O3. The number of aromatic nitrogens is 4. The molecule has 25 heavy (non-hydrogen) atoms. The Labute approximate surface area is 144 Å². The normalized spacial score (nSPS) is 20.3. The molecule has 0 bridgehead atoms. The molecule has 2 aromatic heterocycles. The highest BCUT2D eigenvalue weighted by Crippen LogP contribution is 2.24. The van der Waals surface area contributed by atoms with E-state index in [4.69, 9.17) is 4.74 Å². The second-order valence-corrected chi connectivity index (χ2v) is 6.68. The average Bonchev–Trinajstić information content (AvgIpc) is 3.13. The highest BCUT2D eigenvalue weighted by atomic mass is 16.5. The summed E-state index contributed by atoms with van der Waals surface area (Å²) < 4.78 is 5.66. The van der Waals surface area contributed by atoms with Crippen molar-refractivity contribution >= 4 is 5.91 Å². The number of nitrogens with zero attached hydrogens (tertiary/aromatic N) is 3. The summed E-state index contributed by atoms with van der Waals surface area (Å²) in [6.45, 7) is 2.20. The molecule has 2 aromatic rings. The third-order valence-electron chi connectivity index (χ3n) is 4.87. The summed E-state index contributed by atoms with van der Waals surface area (Å²) in [6.07, 6.45) is 4.97. The lowest BCUT2D eigenvalue weighted by molar-refractivity contribution is 0.0730. The lowest BCUT2D eigenvalue weighted by Gasteiger charge is -2.23. The molecule has 0 aromatic carbocycles. The molecule has 0 unspecified atom stereocenters. The molecule has 2 N–H and O–H groups in total. The minimum Gasteiger partial charge on any atom is -0.379 e. The molecule has 0 saturated carbocycles. The first-order chi connectivity index (χ1) is 12.2. The summed E-state index contributed by atoms with van der Waals surface area (Å²) in [5.74, 6) is 0.0708. The SMILES string of the molecule is O=C(c1n[nH]c2c1CCC2)N1CCOC[C@H](Cc2cc(=O)[nH]cn2)C1. The van der Waals surface area contributed by atoms with Crippen molar-refractivity contribution in [3.8, 4) is 0 Å². The number of carbonyl (C=O) groups is 1. The van der Waals surface area contributed by atoms with Crippen LogP contribution in [0.25, 0.3) is 0 Å². The second kappa shape index (κ2) is 6.79. The molecule has 4 rings (SSSR count). The molecule has 1 atom stereocenters.